The first-order chi connectivity index (χ1) is 8.07. The van der Waals surface area contributed by atoms with Gasteiger partial charge < -0.3 is 10.6 Å². The molecule has 94 valence electrons. The lowest BCUT2D eigenvalue weighted by molar-refractivity contribution is -0.131. The molecule has 4 heteroatoms. The normalized spacial score (nSPS) is 12.2. The average molecular weight is 238 g/mol. The van der Waals surface area contributed by atoms with Crippen LogP contribution in [0.2, 0.25) is 0 Å². The number of amides is 1. The van der Waals surface area contributed by atoms with E-state index in [1.165, 1.54) is 6.07 Å². The van der Waals surface area contributed by atoms with E-state index in [-0.39, 0.29) is 17.8 Å². The third kappa shape index (κ3) is 3.53. The quantitative estimate of drug-likeness (QED) is 0.853. The van der Waals surface area contributed by atoms with Gasteiger partial charge in [-0.3, -0.25) is 4.79 Å². The van der Waals surface area contributed by atoms with Crippen LogP contribution in [0.15, 0.2) is 24.3 Å². The average Bonchev–Trinajstić information content (AvgIpc) is 2.34. The number of rotatable bonds is 5. The molecule has 0 bridgehead atoms. The molecule has 1 atom stereocenters. The van der Waals surface area contributed by atoms with Gasteiger partial charge in [0, 0.05) is 19.0 Å². The maximum absolute atomic E-state index is 13.6. The molecule has 0 aliphatic carbocycles. The third-order valence-electron chi connectivity index (χ3n) is 2.92. The molecule has 0 aromatic heterocycles. The van der Waals surface area contributed by atoms with E-state index >= 15 is 0 Å². The molecule has 0 aliphatic heterocycles. The van der Waals surface area contributed by atoms with Crippen LogP contribution >= 0.6 is 0 Å². The molecule has 1 rings (SSSR count). The second-order valence-corrected chi connectivity index (χ2v) is 4.09. The number of halogens is 1. The lowest BCUT2D eigenvalue weighted by Crippen LogP contribution is -2.30. The number of nitrogens with two attached hydrogens (primary N) is 1. The Balaban J connectivity index is 2.72. The van der Waals surface area contributed by atoms with Gasteiger partial charge in [-0.1, -0.05) is 18.2 Å². The highest BCUT2D eigenvalue weighted by Crippen LogP contribution is 2.22. The molecule has 1 unspecified atom stereocenters. The molecule has 0 aliphatic rings. The van der Waals surface area contributed by atoms with Gasteiger partial charge in [0.2, 0.25) is 5.91 Å². The predicted molar refractivity (Wildman–Crippen MR) is 65.9 cm³/mol. The van der Waals surface area contributed by atoms with E-state index in [4.69, 9.17) is 5.73 Å². The molecule has 0 saturated heterocycles. The Morgan fingerprint density at radius 2 is 2.12 bits per heavy atom. The van der Waals surface area contributed by atoms with Crippen LogP contribution in [0.1, 0.15) is 31.4 Å². The topological polar surface area (TPSA) is 46.3 Å². The fourth-order valence-corrected chi connectivity index (χ4v) is 1.67. The summed E-state index contributed by atoms with van der Waals surface area (Å²) in [6.45, 7) is 2.31. The molecule has 0 radical (unpaired) electrons. The maximum Gasteiger partial charge on any atom is 0.222 e. The summed E-state index contributed by atoms with van der Waals surface area (Å²) in [5, 5.41) is 0. The molecular weight excluding hydrogens is 219 g/mol. The zero-order valence-corrected chi connectivity index (χ0v) is 10.3. The van der Waals surface area contributed by atoms with Gasteiger partial charge in [0.1, 0.15) is 5.82 Å². The Bertz CT molecular complexity index is 381. The van der Waals surface area contributed by atoms with Crippen molar-refractivity contribution in [1.29, 1.82) is 0 Å². The van der Waals surface area contributed by atoms with Crippen molar-refractivity contribution in [3.63, 3.8) is 0 Å². The first-order valence-corrected chi connectivity index (χ1v) is 5.78. The van der Waals surface area contributed by atoms with Crippen LogP contribution in [0.25, 0.3) is 0 Å². The first kappa shape index (κ1) is 13.6. The number of hydrogen-bond donors (Lipinski definition) is 1. The number of carbonyl (C=O) groups is 1. The van der Waals surface area contributed by atoms with Gasteiger partial charge in [-0.05, 0) is 26.0 Å². The second kappa shape index (κ2) is 6.35. The molecule has 0 spiro atoms. The van der Waals surface area contributed by atoms with E-state index in [0.29, 0.717) is 24.9 Å². The van der Waals surface area contributed by atoms with Gasteiger partial charge in [0.05, 0.1) is 6.04 Å². The smallest absolute Gasteiger partial charge is 0.222 e. The Kier molecular flexibility index (Phi) is 5.10. The molecule has 3 nitrogen and oxygen atoms in total. The van der Waals surface area contributed by atoms with Gasteiger partial charge in [0.25, 0.3) is 0 Å². The van der Waals surface area contributed by atoms with Crippen LogP contribution in [0.4, 0.5) is 4.39 Å². The third-order valence-corrected chi connectivity index (χ3v) is 2.92. The Labute approximate surface area is 101 Å². The van der Waals surface area contributed by atoms with E-state index in [1.54, 1.807) is 30.1 Å². The molecule has 1 aromatic rings. The highest BCUT2D eigenvalue weighted by atomic mass is 19.1. The fourth-order valence-electron chi connectivity index (χ4n) is 1.67. The molecule has 0 saturated carbocycles. The van der Waals surface area contributed by atoms with Crippen LogP contribution < -0.4 is 5.73 Å². The Hall–Kier alpha value is -1.42. The zero-order valence-electron chi connectivity index (χ0n) is 10.3. The number of benzene rings is 1. The minimum atomic E-state index is -0.279. The molecule has 1 aromatic carbocycles. The maximum atomic E-state index is 13.6. The molecule has 0 heterocycles. The van der Waals surface area contributed by atoms with Crippen LogP contribution in [0, 0.1) is 5.82 Å². The molecule has 17 heavy (non-hydrogen) atoms. The monoisotopic (exact) mass is 238 g/mol. The van der Waals surface area contributed by atoms with E-state index in [1.807, 2.05) is 6.92 Å². The van der Waals surface area contributed by atoms with Gasteiger partial charge in [0.15, 0.2) is 0 Å². The predicted octanol–water partition coefficient (Wildman–Crippen LogP) is 2.08. The summed E-state index contributed by atoms with van der Waals surface area (Å²) in [6.07, 6.45) is 1.07. The van der Waals surface area contributed by atoms with Crippen molar-refractivity contribution in [3.8, 4) is 0 Å². The van der Waals surface area contributed by atoms with Gasteiger partial charge in [-0.2, -0.15) is 0 Å². The summed E-state index contributed by atoms with van der Waals surface area (Å²) in [5.74, 6) is -0.287. The van der Waals surface area contributed by atoms with Crippen molar-refractivity contribution in [3.05, 3.63) is 35.6 Å². The summed E-state index contributed by atoms with van der Waals surface area (Å²) >= 11 is 0. The number of hydrogen-bond acceptors (Lipinski definition) is 2. The standard InChI is InChI=1S/C13H19FN2O/c1-10(11-6-3-4-7-12(11)14)16(2)13(17)8-5-9-15/h3-4,6-7,10H,5,8-9,15H2,1-2H3. The molecule has 1 amide bonds. The van der Waals surface area contributed by atoms with E-state index < -0.39 is 0 Å². The summed E-state index contributed by atoms with van der Waals surface area (Å²) in [6, 6.07) is 6.26. The SMILES string of the molecule is CC(c1ccccc1F)N(C)C(=O)CCCN. The molecular formula is C13H19FN2O. The van der Waals surface area contributed by atoms with Gasteiger partial charge >= 0.3 is 0 Å². The van der Waals surface area contributed by atoms with Gasteiger partial charge in [-0.25, -0.2) is 4.39 Å². The van der Waals surface area contributed by atoms with Crippen molar-refractivity contribution < 1.29 is 9.18 Å². The summed E-state index contributed by atoms with van der Waals surface area (Å²) in [7, 11) is 1.69. The van der Waals surface area contributed by atoms with Gasteiger partial charge in [-0.15, -0.1) is 0 Å². The highest BCUT2D eigenvalue weighted by Gasteiger charge is 2.19. The number of nitrogens with zero attached hydrogens (tertiary/aromatic N) is 1. The second-order valence-electron chi connectivity index (χ2n) is 4.09. The largest absolute Gasteiger partial charge is 0.339 e. The number of carbonyl (C=O) groups excluding carboxylic acids is 1. The minimum Gasteiger partial charge on any atom is -0.339 e. The fraction of sp³-hybridized carbons (Fsp3) is 0.462. The van der Waals surface area contributed by atoms with Crippen LogP contribution in [0.5, 0.6) is 0 Å². The summed E-state index contributed by atoms with van der Waals surface area (Å²) in [4.78, 5) is 13.3. The van der Waals surface area contributed by atoms with Crippen LogP contribution in [-0.2, 0) is 4.79 Å². The van der Waals surface area contributed by atoms with Crippen LogP contribution in [-0.4, -0.2) is 24.4 Å². The van der Waals surface area contributed by atoms with Crippen molar-refractivity contribution in [2.45, 2.75) is 25.8 Å². The minimum absolute atomic E-state index is 0.00815. The summed E-state index contributed by atoms with van der Waals surface area (Å²) < 4.78 is 13.6. The van der Waals surface area contributed by atoms with Crippen molar-refractivity contribution in [2.75, 3.05) is 13.6 Å². The molecule has 2 N–H and O–H groups in total. The Morgan fingerprint density at radius 1 is 1.47 bits per heavy atom. The van der Waals surface area contributed by atoms with Crippen molar-refractivity contribution in [2.24, 2.45) is 5.73 Å². The lowest BCUT2D eigenvalue weighted by Gasteiger charge is -2.25. The van der Waals surface area contributed by atoms with E-state index in [2.05, 4.69) is 0 Å². The lowest BCUT2D eigenvalue weighted by atomic mass is 10.1. The van der Waals surface area contributed by atoms with E-state index in [0.717, 1.165) is 0 Å². The highest BCUT2D eigenvalue weighted by molar-refractivity contribution is 5.76. The zero-order chi connectivity index (χ0) is 12.8. The van der Waals surface area contributed by atoms with E-state index in [9.17, 15) is 9.18 Å². The van der Waals surface area contributed by atoms with Crippen molar-refractivity contribution >= 4 is 5.91 Å². The van der Waals surface area contributed by atoms with Crippen molar-refractivity contribution in [1.82, 2.24) is 4.90 Å². The van der Waals surface area contributed by atoms with Crippen LogP contribution in [0.3, 0.4) is 0 Å². The first-order valence-electron chi connectivity index (χ1n) is 5.78. The molecule has 0 fully saturated rings. The summed E-state index contributed by atoms with van der Waals surface area (Å²) in [5.41, 5.74) is 5.90. The Morgan fingerprint density at radius 3 is 2.71 bits per heavy atom.